The number of nitrogens with zero attached hydrogens (tertiary/aromatic N) is 2. The Morgan fingerprint density at radius 1 is 1.44 bits per heavy atom. The van der Waals surface area contributed by atoms with Crippen LogP contribution in [0.2, 0.25) is 0 Å². The summed E-state index contributed by atoms with van der Waals surface area (Å²) in [6.45, 7) is 4.93. The van der Waals surface area contributed by atoms with Gasteiger partial charge in [0.15, 0.2) is 5.76 Å². The Morgan fingerprint density at radius 3 is 2.68 bits per heavy atom. The van der Waals surface area contributed by atoms with Crippen LogP contribution in [0.1, 0.15) is 24.8 Å². The van der Waals surface area contributed by atoms with E-state index < -0.39 is 34.0 Å². The molecule has 2 heterocycles. The number of aryl methyl sites for hydroxylation is 2. The van der Waals surface area contributed by atoms with Crippen LogP contribution in [0.15, 0.2) is 9.42 Å². The highest BCUT2D eigenvalue weighted by atomic mass is 32.2. The average molecular weight is 375 g/mol. The third-order valence-electron chi connectivity index (χ3n) is 3.86. The van der Waals surface area contributed by atoms with Crippen molar-refractivity contribution in [3.63, 3.8) is 0 Å². The van der Waals surface area contributed by atoms with Gasteiger partial charge in [-0.15, -0.1) is 0 Å². The van der Waals surface area contributed by atoms with Gasteiger partial charge in [-0.3, -0.25) is 9.59 Å². The molecule has 0 saturated carbocycles. The van der Waals surface area contributed by atoms with Gasteiger partial charge in [-0.1, -0.05) is 5.16 Å². The van der Waals surface area contributed by atoms with E-state index in [0.29, 0.717) is 0 Å². The molecule has 0 radical (unpaired) electrons. The van der Waals surface area contributed by atoms with Crippen molar-refractivity contribution in [3.8, 4) is 0 Å². The van der Waals surface area contributed by atoms with E-state index in [9.17, 15) is 18.0 Å². The Bertz CT molecular complexity index is 739. The average Bonchev–Trinajstić information content (AvgIpc) is 2.85. The number of amides is 1. The summed E-state index contributed by atoms with van der Waals surface area (Å²) in [4.78, 5) is 24.8. The van der Waals surface area contributed by atoms with Crippen LogP contribution in [0.4, 0.5) is 0 Å². The number of hydrogen-bond donors (Lipinski definition) is 2. The molecule has 1 aliphatic rings. The Labute approximate surface area is 145 Å². The lowest BCUT2D eigenvalue weighted by atomic mass is 10.1. The molecule has 0 spiro atoms. The summed E-state index contributed by atoms with van der Waals surface area (Å²) in [7, 11) is -4.00. The van der Waals surface area contributed by atoms with Crippen molar-refractivity contribution in [2.75, 3.05) is 19.8 Å². The van der Waals surface area contributed by atoms with Crippen molar-refractivity contribution in [2.45, 2.75) is 44.2 Å². The standard InChI is InChI=1S/C14H21N3O7S/c1-8-13(10(3)24-15-8)25(21,22)16-9(2)14(20)17-4-5-23-7-11(17)6-12(18)19/h9,11,16H,4-7H2,1-3H3,(H,18,19). The van der Waals surface area contributed by atoms with Crippen LogP contribution in [0.3, 0.4) is 0 Å². The zero-order chi connectivity index (χ0) is 18.8. The number of carbonyl (C=O) groups is 2. The van der Waals surface area contributed by atoms with E-state index in [2.05, 4.69) is 9.88 Å². The highest BCUT2D eigenvalue weighted by Crippen LogP contribution is 2.20. The van der Waals surface area contributed by atoms with Gasteiger partial charge in [-0.25, -0.2) is 8.42 Å². The number of carbonyl (C=O) groups excluding carboxylic acids is 1. The first-order valence-electron chi connectivity index (χ1n) is 7.68. The number of hydrogen-bond acceptors (Lipinski definition) is 7. The fourth-order valence-corrected chi connectivity index (χ4v) is 4.29. The maximum atomic E-state index is 12.6. The van der Waals surface area contributed by atoms with E-state index in [4.69, 9.17) is 14.4 Å². The van der Waals surface area contributed by atoms with Gasteiger partial charge in [0.05, 0.1) is 31.7 Å². The van der Waals surface area contributed by atoms with Crippen LogP contribution in [0.25, 0.3) is 0 Å². The Morgan fingerprint density at radius 2 is 2.12 bits per heavy atom. The second-order valence-corrected chi connectivity index (χ2v) is 7.51. The molecule has 25 heavy (non-hydrogen) atoms. The number of carboxylic acids is 1. The number of rotatable bonds is 6. The zero-order valence-electron chi connectivity index (χ0n) is 14.2. The quantitative estimate of drug-likeness (QED) is 0.688. The predicted octanol–water partition coefficient (Wildman–Crippen LogP) is -0.340. The molecule has 140 valence electrons. The summed E-state index contributed by atoms with van der Waals surface area (Å²) in [6.07, 6.45) is -0.269. The Kier molecular flexibility index (Phi) is 5.80. The minimum absolute atomic E-state index is 0.0986. The monoisotopic (exact) mass is 375 g/mol. The van der Waals surface area contributed by atoms with Gasteiger partial charge in [-0.2, -0.15) is 4.72 Å². The maximum Gasteiger partial charge on any atom is 0.305 e. The first-order valence-corrected chi connectivity index (χ1v) is 9.17. The van der Waals surface area contributed by atoms with Crippen LogP contribution in [0, 0.1) is 13.8 Å². The highest BCUT2D eigenvalue weighted by molar-refractivity contribution is 7.89. The van der Waals surface area contributed by atoms with E-state index in [-0.39, 0.29) is 42.5 Å². The third kappa shape index (κ3) is 4.35. The smallest absolute Gasteiger partial charge is 0.305 e. The first kappa shape index (κ1) is 19.3. The molecule has 2 rings (SSSR count). The number of morpholine rings is 1. The number of aromatic nitrogens is 1. The number of ether oxygens (including phenoxy) is 1. The zero-order valence-corrected chi connectivity index (χ0v) is 15.0. The van der Waals surface area contributed by atoms with Gasteiger partial charge < -0.3 is 19.3 Å². The summed E-state index contributed by atoms with van der Waals surface area (Å²) < 4.78 is 37.4. The van der Waals surface area contributed by atoms with Gasteiger partial charge in [0.2, 0.25) is 15.9 Å². The summed E-state index contributed by atoms with van der Waals surface area (Å²) in [5, 5.41) is 12.6. The van der Waals surface area contributed by atoms with E-state index in [1.165, 1.54) is 25.7 Å². The second kappa shape index (κ2) is 7.50. The molecule has 1 aromatic heterocycles. The number of nitrogens with one attached hydrogen (secondary N) is 1. The molecular formula is C14H21N3O7S. The summed E-state index contributed by atoms with van der Waals surface area (Å²) in [5.74, 6) is -1.44. The lowest BCUT2D eigenvalue weighted by molar-refractivity contribution is -0.147. The van der Waals surface area contributed by atoms with Crippen molar-refractivity contribution in [1.29, 1.82) is 0 Å². The van der Waals surface area contributed by atoms with E-state index in [0.717, 1.165) is 0 Å². The second-order valence-electron chi connectivity index (χ2n) is 5.85. The molecule has 1 fully saturated rings. The minimum atomic E-state index is -4.00. The lowest BCUT2D eigenvalue weighted by Crippen LogP contribution is -2.55. The summed E-state index contributed by atoms with van der Waals surface area (Å²) in [6, 6.07) is -1.71. The predicted molar refractivity (Wildman–Crippen MR) is 84.3 cm³/mol. The fourth-order valence-electron chi connectivity index (χ4n) is 2.76. The molecular weight excluding hydrogens is 354 g/mol. The van der Waals surface area contributed by atoms with Gasteiger partial charge >= 0.3 is 5.97 Å². The summed E-state index contributed by atoms with van der Waals surface area (Å²) >= 11 is 0. The SMILES string of the molecule is Cc1noc(C)c1S(=O)(=O)NC(C)C(=O)N1CCOCC1CC(=O)O. The molecule has 0 aliphatic carbocycles. The fraction of sp³-hybridized carbons (Fsp3) is 0.643. The van der Waals surface area contributed by atoms with Gasteiger partial charge in [0.1, 0.15) is 10.6 Å². The first-order chi connectivity index (χ1) is 11.6. The molecule has 2 N–H and O–H groups in total. The highest BCUT2D eigenvalue weighted by Gasteiger charge is 2.34. The Hall–Kier alpha value is -1.98. The molecule has 11 heteroatoms. The van der Waals surface area contributed by atoms with E-state index in [1.54, 1.807) is 0 Å². The van der Waals surface area contributed by atoms with Gasteiger partial charge in [-0.05, 0) is 20.8 Å². The largest absolute Gasteiger partial charge is 0.481 e. The number of sulfonamides is 1. The van der Waals surface area contributed by atoms with Crippen LogP contribution in [-0.4, -0.2) is 67.3 Å². The van der Waals surface area contributed by atoms with Crippen LogP contribution >= 0.6 is 0 Å². The maximum absolute atomic E-state index is 12.6. The molecule has 0 bridgehead atoms. The van der Waals surface area contributed by atoms with Crippen LogP contribution in [-0.2, 0) is 24.3 Å². The Balaban J connectivity index is 2.15. The van der Waals surface area contributed by atoms with Crippen molar-refractivity contribution in [2.24, 2.45) is 0 Å². The number of aliphatic carboxylic acids is 1. The topological polar surface area (TPSA) is 139 Å². The molecule has 1 aliphatic heterocycles. The van der Waals surface area contributed by atoms with E-state index in [1.807, 2.05) is 0 Å². The van der Waals surface area contributed by atoms with Crippen molar-refractivity contribution < 1.29 is 32.4 Å². The molecule has 1 saturated heterocycles. The van der Waals surface area contributed by atoms with Crippen molar-refractivity contribution in [3.05, 3.63) is 11.5 Å². The molecule has 1 aromatic rings. The molecule has 1 amide bonds. The third-order valence-corrected chi connectivity index (χ3v) is 5.64. The van der Waals surface area contributed by atoms with Crippen LogP contribution < -0.4 is 4.72 Å². The molecule has 0 aromatic carbocycles. The normalized spacial score (nSPS) is 19.6. The van der Waals surface area contributed by atoms with Crippen LogP contribution in [0.5, 0.6) is 0 Å². The van der Waals surface area contributed by atoms with Gasteiger partial charge in [0, 0.05) is 6.54 Å². The minimum Gasteiger partial charge on any atom is -0.481 e. The van der Waals surface area contributed by atoms with E-state index >= 15 is 0 Å². The van der Waals surface area contributed by atoms with Crippen molar-refractivity contribution >= 4 is 21.9 Å². The summed E-state index contributed by atoms with van der Waals surface area (Å²) in [5.41, 5.74) is 0.194. The molecule has 2 atom stereocenters. The molecule has 10 nitrogen and oxygen atoms in total. The molecule has 2 unspecified atom stereocenters. The lowest BCUT2D eigenvalue weighted by Gasteiger charge is -2.36. The number of carboxylic acid groups (broad SMARTS) is 1. The van der Waals surface area contributed by atoms with Crippen molar-refractivity contribution in [1.82, 2.24) is 14.8 Å². The van der Waals surface area contributed by atoms with Gasteiger partial charge in [0.25, 0.3) is 0 Å².